The van der Waals surface area contributed by atoms with Crippen molar-refractivity contribution in [3.8, 4) is 11.8 Å². The smallest absolute Gasteiger partial charge is 0.139 e. The number of piperidine rings is 1. The molecule has 0 aliphatic carbocycles. The van der Waals surface area contributed by atoms with Crippen molar-refractivity contribution in [2.45, 2.75) is 50.7 Å². The first kappa shape index (κ1) is 18.6. The van der Waals surface area contributed by atoms with Gasteiger partial charge in [0.15, 0.2) is 0 Å². The fraction of sp³-hybridized carbons (Fsp3) is 0.435. The second kappa shape index (κ2) is 8.98. The number of nitrogens with zero attached hydrogens (tertiary/aromatic N) is 1. The van der Waals surface area contributed by atoms with Crippen LogP contribution in [0, 0.1) is 11.8 Å². The van der Waals surface area contributed by atoms with Crippen LogP contribution in [0.2, 0.25) is 0 Å². The number of likely N-dealkylation sites (tertiary alicyclic amines) is 1. The number of nitrogens with one attached hydrogen (secondary N) is 1. The Morgan fingerprint density at radius 2 is 2.04 bits per heavy atom. The molecule has 1 N–H and O–H groups in total. The zero-order valence-electron chi connectivity index (χ0n) is 15.6. The van der Waals surface area contributed by atoms with Gasteiger partial charge in [0.05, 0.1) is 6.54 Å². The van der Waals surface area contributed by atoms with E-state index in [1.807, 2.05) is 36.7 Å². The van der Waals surface area contributed by atoms with Gasteiger partial charge in [-0.3, -0.25) is 4.98 Å². The van der Waals surface area contributed by atoms with E-state index in [2.05, 4.69) is 35.0 Å². The lowest BCUT2D eigenvalue weighted by Gasteiger charge is -2.32. The predicted octanol–water partition coefficient (Wildman–Crippen LogP) is 1.95. The van der Waals surface area contributed by atoms with Crippen LogP contribution in [-0.4, -0.2) is 23.7 Å². The fourth-order valence-electron chi connectivity index (χ4n) is 3.71. The van der Waals surface area contributed by atoms with Crippen LogP contribution in [0.5, 0.6) is 0 Å². The van der Waals surface area contributed by atoms with Gasteiger partial charge in [0, 0.05) is 24.4 Å². The SMILES string of the molecule is CC([O-])(C#CC[NH+]1CCCCC1c1cccnc1)CCc1ccccc1. The lowest BCUT2D eigenvalue weighted by atomic mass is 9.96. The van der Waals surface area contributed by atoms with E-state index in [1.165, 1.54) is 35.3 Å². The van der Waals surface area contributed by atoms with Gasteiger partial charge in [0.25, 0.3) is 0 Å². The monoisotopic (exact) mass is 348 g/mol. The summed E-state index contributed by atoms with van der Waals surface area (Å²) in [6.45, 7) is 3.57. The molecule has 1 fully saturated rings. The zero-order chi connectivity index (χ0) is 18.2. The van der Waals surface area contributed by atoms with Crippen LogP contribution in [0.15, 0.2) is 54.9 Å². The van der Waals surface area contributed by atoms with Gasteiger partial charge < -0.3 is 10.0 Å². The summed E-state index contributed by atoms with van der Waals surface area (Å²) in [7, 11) is 0. The molecule has 1 aliphatic heterocycles. The average Bonchev–Trinajstić information content (AvgIpc) is 2.68. The van der Waals surface area contributed by atoms with Crippen LogP contribution in [-0.2, 0) is 6.42 Å². The van der Waals surface area contributed by atoms with Gasteiger partial charge in [-0.05, 0) is 43.2 Å². The minimum atomic E-state index is -1.19. The largest absolute Gasteiger partial charge is 0.840 e. The highest BCUT2D eigenvalue weighted by Gasteiger charge is 2.26. The van der Waals surface area contributed by atoms with Gasteiger partial charge in [0.1, 0.15) is 12.6 Å². The molecule has 1 saturated heterocycles. The normalized spacial score (nSPS) is 22.1. The molecule has 0 spiro atoms. The van der Waals surface area contributed by atoms with Crippen LogP contribution in [0.4, 0.5) is 0 Å². The van der Waals surface area contributed by atoms with E-state index in [0.717, 1.165) is 19.5 Å². The molecule has 26 heavy (non-hydrogen) atoms. The molecule has 0 bridgehead atoms. The summed E-state index contributed by atoms with van der Waals surface area (Å²) < 4.78 is 0. The number of pyridine rings is 1. The predicted molar refractivity (Wildman–Crippen MR) is 102 cm³/mol. The van der Waals surface area contributed by atoms with Crippen LogP contribution >= 0.6 is 0 Å². The summed E-state index contributed by atoms with van der Waals surface area (Å²) in [6, 6.07) is 14.8. The second-order valence-corrected chi connectivity index (χ2v) is 7.44. The van der Waals surface area contributed by atoms with E-state index in [1.54, 1.807) is 6.92 Å². The van der Waals surface area contributed by atoms with Gasteiger partial charge in [-0.2, -0.15) is 0 Å². The Labute approximate surface area is 157 Å². The molecule has 1 aromatic carbocycles. The molecule has 0 radical (unpaired) electrons. The van der Waals surface area contributed by atoms with Crippen LogP contribution in [0.3, 0.4) is 0 Å². The van der Waals surface area contributed by atoms with Crippen molar-refractivity contribution < 1.29 is 10.0 Å². The molecule has 1 aromatic heterocycles. The average molecular weight is 348 g/mol. The van der Waals surface area contributed by atoms with Crippen molar-refractivity contribution >= 4 is 0 Å². The van der Waals surface area contributed by atoms with E-state index in [0.29, 0.717) is 12.5 Å². The minimum absolute atomic E-state index is 0.453. The molecule has 136 valence electrons. The number of quaternary nitrogens is 1. The molecule has 3 rings (SSSR count). The van der Waals surface area contributed by atoms with Crippen molar-refractivity contribution in [3.05, 3.63) is 66.0 Å². The lowest BCUT2D eigenvalue weighted by Crippen LogP contribution is -3.13. The maximum Gasteiger partial charge on any atom is 0.139 e. The fourth-order valence-corrected chi connectivity index (χ4v) is 3.71. The van der Waals surface area contributed by atoms with Crippen molar-refractivity contribution in [2.24, 2.45) is 0 Å². The van der Waals surface area contributed by atoms with Gasteiger partial charge in [-0.15, -0.1) is 5.92 Å². The van der Waals surface area contributed by atoms with Crippen LogP contribution < -0.4 is 10.0 Å². The Morgan fingerprint density at radius 1 is 1.19 bits per heavy atom. The molecule has 0 amide bonds. The summed E-state index contributed by atoms with van der Waals surface area (Å²) in [5.41, 5.74) is 1.31. The second-order valence-electron chi connectivity index (χ2n) is 7.44. The standard InChI is InChI=1S/C23H27N2O/c1-23(26,15-13-20-9-3-2-4-10-20)14-8-18-25-17-6-5-12-22(25)21-11-7-16-24-19-21/h2-4,7,9-11,16,19,22H,5-6,12-13,15,17-18H2,1H3/q-1/p+1. The topological polar surface area (TPSA) is 40.4 Å². The Hall–Kier alpha value is -2.15. The number of rotatable bonds is 5. The summed E-state index contributed by atoms with van der Waals surface area (Å²) in [4.78, 5) is 5.74. The molecule has 1 aliphatic rings. The van der Waals surface area contributed by atoms with E-state index in [4.69, 9.17) is 0 Å². The molecule has 3 atom stereocenters. The van der Waals surface area contributed by atoms with E-state index in [-0.39, 0.29) is 0 Å². The third-order valence-corrected chi connectivity index (χ3v) is 5.22. The number of aryl methyl sites for hydroxylation is 1. The molecule has 3 nitrogen and oxygen atoms in total. The molecular weight excluding hydrogens is 320 g/mol. The summed E-state index contributed by atoms with van der Waals surface area (Å²) >= 11 is 0. The summed E-state index contributed by atoms with van der Waals surface area (Å²) in [6.07, 6.45) is 8.78. The van der Waals surface area contributed by atoms with Gasteiger partial charge >= 0.3 is 0 Å². The quantitative estimate of drug-likeness (QED) is 0.839. The number of hydrogen-bond donors (Lipinski definition) is 1. The Balaban J connectivity index is 1.58. The summed E-state index contributed by atoms with van der Waals surface area (Å²) in [5, 5.41) is 12.7. The van der Waals surface area contributed by atoms with E-state index in [9.17, 15) is 5.11 Å². The van der Waals surface area contributed by atoms with Gasteiger partial charge in [-0.1, -0.05) is 48.9 Å². The number of hydrogen-bond acceptors (Lipinski definition) is 2. The number of aromatic nitrogens is 1. The third kappa shape index (κ3) is 5.42. The van der Waals surface area contributed by atoms with E-state index < -0.39 is 5.60 Å². The zero-order valence-corrected chi connectivity index (χ0v) is 15.6. The summed E-state index contributed by atoms with van der Waals surface area (Å²) in [5.74, 6) is 6.22. The highest BCUT2D eigenvalue weighted by Crippen LogP contribution is 2.18. The Morgan fingerprint density at radius 3 is 2.81 bits per heavy atom. The van der Waals surface area contributed by atoms with Crippen molar-refractivity contribution in [1.82, 2.24) is 4.98 Å². The first-order chi connectivity index (χ1) is 12.6. The Kier molecular flexibility index (Phi) is 6.44. The van der Waals surface area contributed by atoms with Crippen molar-refractivity contribution in [2.75, 3.05) is 13.1 Å². The Bertz CT molecular complexity index is 731. The van der Waals surface area contributed by atoms with E-state index >= 15 is 0 Å². The van der Waals surface area contributed by atoms with Crippen molar-refractivity contribution in [3.63, 3.8) is 0 Å². The van der Waals surface area contributed by atoms with Gasteiger partial charge in [-0.25, -0.2) is 0 Å². The molecule has 0 saturated carbocycles. The minimum Gasteiger partial charge on any atom is -0.840 e. The van der Waals surface area contributed by atoms with Crippen molar-refractivity contribution in [1.29, 1.82) is 0 Å². The highest BCUT2D eigenvalue weighted by atomic mass is 16.3. The first-order valence-corrected chi connectivity index (χ1v) is 9.63. The number of benzene rings is 1. The van der Waals surface area contributed by atoms with Crippen LogP contribution in [0.25, 0.3) is 0 Å². The lowest BCUT2D eigenvalue weighted by molar-refractivity contribution is -0.930. The van der Waals surface area contributed by atoms with Crippen LogP contribution in [0.1, 0.15) is 49.8 Å². The maximum absolute atomic E-state index is 12.7. The highest BCUT2D eigenvalue weighted by molar-refractivity contribution is 5.18. The molecule has 2 heterocycles. The van der Waals surface area contributed by atoms with Gasteiger partial charge in [0.2, 0.25) is 0 Å². The first-order valence-electron chi connectivity index (χ1n) is 9.63. The molecule has 3 unspecified atom stereocenters. The maximum atomic E-state index is 12.7. The molecular formula is C23H28N2O. The third-order valence-electron chi connectivity index (χ3n) is 5.22. The molecule has 3 heteroatoms. The molecule has 2 aromatic rings.